The zero-order valence-electron chi connectivity index (χ0n) is 26.0. The first-order valence-corrected chi connectivity index (χ1v) is 17.2. The van der Waals surface area contributed by atoms with Gasteiger partial charge in [-0.3, -0.25) is 14.5 Å². The number of nitrogens with zero attached hydrogens (tertiary/aromatic N) is 3. The summed E-state index contributed by atoms with van der Waals surface area (Å²) in [5.41, 5.74) is 2.38. The Morgan fingerprint density at radius 2 is 1.58 bits per heavy atom. The Morgan fingerprint density at radius 3 is 2.31 bits per heavy atom. The van der Waals surface area contributed by atoms with Gasteiger partial charge in [0, 0.05) is 11.3 Å². The van der Waals surface area contributed by atoms with E-state index in [0.717, 1.165) is 29.7 Å². The predicted octanol–water partition coefficient (Wildman–Crippen LogP) is 8.35. The number of hydrogen-bond acceptors (Lipinski definition) is 9. The number of unbranched alkanes of at least 4 members (excludes halogenated alkanes) is 1. The van der Waals surface area contributed by atoms with E-state index in [0.29, 0.717) is 51.5 Å². The molecule has 1 unspecified atom stereocenters. The van der Waals surface area contributed by atoms with Crippen molar-refractivity contribution in [2.75, 3.05) is 11.5 Å². The maximum absolute atomic E-state index is 14.2. The van der Waals surface area contributed by atoms with Crippen LogP contribution in [0.25, 0.3) is 5.76 Å². The molecule has 1 N–H and O–H groups in total. The Hall–Kier alpha value is -5.00. The van der Waals surface area contributed by atoms with Crippen LogP contribution in [0.2, 0.25) is 0 Å². The number of anilines is 1. The van der Waals surface area contributed by atoms with Crippen molar-refractivity contribution in [2.24, 2.45) is 0 Å². The smallest absolute Gasteiger partial charge is 0.301 e. The van der Waals surface area contributed by atoms with Crippen molar-refractivity contribution >= 4 is 45.7 Å². The second kappa shape index (κ2) is 15.3. The van der Waals surface area contributed by atoms with E-state index in [2.05, 4.69) is 17.1 Å². The lowest BCUT2D eigenvalue weighted by atomic mass is 9.95. The lowest BCUT2D eigenvalue weighted by Crippen LogP contribution is -2.29. The number of hydrogen-bond donors (Lipinski definition) is 1. The molecular formula is C37H32FN3O5S2. The quantitative estimate of drug-likeness (QED) is 0.0331. The van der Waals surface area contributed by atoms with Crippen molar-refractivity contribution in [3.05, 3.63) is 137 Å². The van der Waals surface area contributed by atoms with E-state index >= 15 is 0 Å². The molecule has 8 nitrogen and oxygen atoms in total. The predicted molar refractivity (Wildman–Crippen MR) is 185 cm³/mol. The third-order valence-corrected chi connectivity index (χ3v) is 9.80. The van der Waals surface area contributed by atoms with Gasteiger partial charge in [-0.25, -0.2) is 4.39 Å². The van der Waals surface area contributed by atoms with E-state index in [9.17, 15) is 19.1 Å². The molecule has 0 saturated carbocycles. The highest BCUT2D eigenvalue weighted by Crippen LogP contribution is 2.44. The fourth-order valence-electron chi connectivity index (χ4n) is 5.14. The molecule has 1 saturated heterocycles. The number of amides is 1. The molecule has 2 heterocycles. The number of Topliss-reactive ketones (excluding diaryl/α,β-unsaturated/α-hetero) is 1. The molecule has 1 fully saturated rings. The first-order valence-electron chi connectivity index (χ1n) is 15.4. The highest BCUT2D eigenvalue weighted by Gasteiger charge is 2.48. The first-order chi connectivity index (χ1) is 23.4. The van der Waals surface area contributed by atoms with Gasteiger partial charge in [-0.2, -0.15) is 0 Å². The number of aliphatic hydroxyl groups is 1. The molecule has 1 aliphatic rings. The summed E-state index contributed by atoms with van der Waals surface area (Å²) in [6.07, 6.45) is 1.91. The summed E-state index contributed by atoms with van der Waals surface area (Å²) in [5, 5.41) is 20.2. The number of halogens is 1. The van der Waals surface area contributed by atoms with Crippen LogP contribution in [-0.2, 0) is 21.9 Å². The molecule has 0 bridgehead atoms. The average molecular weight is 682 g/mol. The monoisotopic (exact) mass is 681 g/mol. The van der Waals surface area contributed by atoms with Gasteiger partial charge in [0.05, 0.1) is 18.2 Å². The van der Waals surface area contributed by atoms with Gasteiger partial charge in [0.15, 0.2) is 4.34 Å². The number of carbonyl (C=O) groups excluding carboxylic acids is 2. The summed E-state index contributed by atoms with van der Waals surface area (Å²) in [5.74, 6) is -0.778. The molecule has 48 heavy (non-hydrogen) atoms. The normalized spacial score (nSPS) is 15.5. The van der Waals surface area contributed by atoms with E-state index in [1.165, 1.54) is 22.7 Å². The van der Waals surface area contributed by atoms with Crippen molar-refractivity contribution in [3.63, 3.8) is 0 Å². The number of carbonyl (C=O) groups is 2. The average Bonchev–Trinajstić information content (AvgIpc) is 3.69. The molecule has 1 atom stereocenters. The number of aliphatic hydroxyl groups excluding tert-OH is 1. The van der Waals surface area contributed by atoms with Crippen molar-refractivity contribution < 1.29 is 28.6 Å². The van der Waals surface area contributed by atoms with Crippen LogP contribution in [0.1, 0.15) is 48.1 Å². The number of ketones is 1. The van der Waals surface area contributed by atoms with Gasteiger partial charge in [-0.15, -0.1) is 10.2 Å². The zero-order chi connectivity index (χ0) is 33.5. The Morgan fingerprint density at radius 1 is 0.896 bits per heavy atom. The fraction of sp³-hybridized carbons (Fsp3) is 0.189. The minimum absolute atomic E-state index is 0.0756. The molecule has 1 aliphatic heterocycles. The van der Waals surface area contributed by atoms with Crippen LogP contribution in [-0.4, -0.2) is 33.6 Å². The summed E-state index contributed by atoms with van der Waals surface area (Å²) in [6.45, 7) is 3.02. The second-order valence-corrected chi connectivity index (χ2v) is 13.1. The third kappa shape index (κ3) is 7.42. The van der Waals surface area contributed by atoms with E-state index in [1.54, 1.807) is 66.7 Å². The number of benzene rings is 4. The lowest BCUT2D eigenvalue weighted by molar-refractivity contribution is -0.132. The van der Waals surface area contributed by atoms with Crippen molar-refractivity contribution in [1.82, 2.24) is 10.2 Å². The minimum atomic E-state index is -0.994. The Kier molecular flexibility index (Phi) is 10.5. The molecule has 1 amide bonds. The van der Waals surface area contributed by atoms with Crippen LogP contribution < -0.4 is 14.4 Å². The van der Waals surface area contributed by atoms with Crippen LogP contribution in [0.5, 0.6) is 11.5 Å². The van der Waals surface area contributed by atoms with Gasteiger partial charge in [0.25, 0.3) is 5.78 Å². The van der Waals surface area contributed by atoms with Gasteiger partial charge in [0.1, 0.15) is 29.7 Å². The lowest BCUT2D eigenvalue weighted by Gasteiger charge is -2.22. The van der Waals surface area contributed by atoms with Gasteiger partial charge < -0.3 is 14.6 Å². The van der Waals surface area contributed by atoms with E-state index in [-0.39, 0.29) is 22.3 Å². The molecule has 1 aromatic heterocycles. The molecule has 0 aliphatic carbocycles. The van der Waals surface area contributed by atoms with Crippen LogP contribution in [0, 0.1) is 5.82 Å². The molecule has 0 spiro atoms. The van der Waals surface area contributed by atoms with E-state index < -0.39 is 17.7 Å². The summed E-state index contributed by atoms with van der Waals surface area (Å²) in [7, 11) is 0. The topological polar surface area (TPSA) is 102 Å². The van der Waals surface area contributed by atoms with Crippen LogP contribution in [0.4, 0.5) is 9.52 Å². The van der Waals surface area contributed by atoms with Gasteiger partial charge >= 0.3 is 5.91 Å². The number of ether oxygens (including phenoxy) is 2. The molecule has 244 valence electrons. The minimum Gasteiger partial charge on any atom is -0.507 e. The number of aromatic nitrogens is 2. The third-order valence-electron chi connectivity index (χ3n) is 7.69. The zero-order valence-corrected chi connectivity index (χ0v) is 27.7. The molecule has 0 radical (unpaired) electrons. The maximum Gasteiger partial charge on any atom is 0.301 e. The number of thioether (sulfide) groups is 1. The largest absolute Gasteiger partial charge is 0.507 e. The highest BCUT2D eigenvalue weighted by atomic mass is 32.2. The highest BCUT2D eigenvalue weighted by molar-refractivity contribution is 8.00. The Balaban J connectivity index is 1.32. The van der Waals surface area contributed by atoms with Gasteiger partial charge in [0.2, 0.25) is 5.13 Å². The maximum atomic E-state index is 14.2. The van der Waals surface area contributed by atoms with Crippen LogP contribution in [0.15, 0.2) is 113 Å². The van der Waals surface area contributed by atoms with Crippen molar-refractivity contribution in [3.8, 4) is 11.5 Å². The summed E-state index contributed by atoms with van der Waals surface area (Å²) in [6, 6.07) is 29.0. The summed E-state index contributed by atoms with van der Waals surface area (Å²) < 4.78 is 26.4. The summed E-state index contributed by atoms with van der Waals surface area (Å²) in [4.78, 5) is 28.6. The summed E-state index contributed by atoms with van der Waals surface area (Å²) >= 11 is 2.39. The Bertz CT molecular complexity index is 1910. The van der Waals surface area contributed by atoms with E-state index in [1.807, 2.05) is 30.3 Å². The molecule has 5 aromatic rings. The van der Waals surface area contributed by atoms with Crippen molar-refractivity contribution in [2.45, 2.75) is 42.5 Å². The number of rotatable bonds is 13. The molecule has 11 heteroatoms. The molecule has 6 rings (SSSR count). The standard InChI is InChI=1S/C37H32FN3O5S2/c1-2-3-21-45-28-19-15-26(16-20-28)33(42)31-32(25-13-17-29(18-14-25)46-22-24-9-5-4-6-10-24)41(35(44)34(31)43)36-39-40-37(48-36)47-23-27-11-7-8-12-30(27)38/h4-20,32,42H,2-3,21-23H2,1H3/b33-31+. The second-order valence-electron chi connectivity index (χ2n) is 11.0. The first kappa shape index (κ1) is 32.9. The molecule has 4 aromatic carbocycles. The Labute approximate surface area is 285 Å². The van der Waals surface area contributed by atoms with Gasteiger partial charge in [-0.1, -0.05) is 97.1 Å². The fourth-order valence-corrected chi connectivity index (χ4v) is 7.00. The van der Waals surface area contributed by atoms with Crippen molar-refractivity contribution in [1.29, 1.82) is 0 Å². The van der Waals surface area contributed by atoms with Gasteiger partial charge in [-0.05, 0) is 65.6 Å². The van der Waals surface area contributed by atoms with E-state index in [4.69, 9.17) is 9.47 Å². The molecular weight excluding hydrogens is 650 g/mol. The van der Waals surface area contributed by atoms with Crippen LogP contribution >= 0.6 is 23.1 Å². The SMILES string of the molecule is CCCCOc1ccc(/C(O)=C2\C(=O)C(=O)N(c3nnc(SCc4ccccc4F)s3)C2c2ccc(OCc3ccccc3)cc2)cc1. The van der Waals surface area contributed by atoms with Crippen LogP contribution in [0.3, 0.4) is 0 Å².